The van der Waals surface area contributed by atoms with Gasteiger partial charge in [0, 0.05) is 6.08 Å². The Labute approximate surface area is 222 Å². The number of carbonyl (C=O) groups is 2. The van der Waals surface area contributed by atoms with Crippen molar-refractivity contribution in [3.8, 4) is 23.0 Å². The molecule has 0 aromatic heterocycles. The topological polar surface area (TPSA) is 80.3 Å². The maximum Gasteiger partial charge on any atom is 0.373 e. The fourth-order valence-electron chi connectivity index (χ4n) is 4.13. The summed E-state index contributed by atoms with van der Waals surface area (Å²) in [5.41, 5.74) is 3.65. The summed E-state index contributed by atoms with van der Waals surface area (Å²) in [7, 11) is 4.21. The molecule has 0 N–H and O–H groups in total. The smallest absolute Gasteiger partial charge is 0.373 e. The lowest BCUT2D eigenvalue weighted by atomic mass is 10.0. The molecule has 2 aliphatic rings. The van der Waals surface area contributed by atoms with E-state index in [0.29, 0.717) is 41.4 Å². The number of ether oxygens (including phenoxy) is 5. The summed E-state index contributed by atoms with van der Waals surface area (Å²) in [4.78, 5) is 24.6. The molecule has 0 fully saturated rings. The Balaban J connectivity index is 1.78. The zero-order valence-electron chi connectivity index (χ0n) is 21.7. The molecule has 0 amide bonds. The number of para-hydroxylation sites is 1. The quantitative estimate of drug-likeness (QED) is 0.325. The van der Waals surface area contributed by atoms with E-state index in [-0.39, 0.29) is 5.76 Å². The Bertz CT molecular complexity index is 1350. The minimum Gasteiger partial charge on any atom is -0.493 e. The Morgan fingerprint density at radius 1 is 0.763 bits per heavy atom. The van der Waals surface area contributed by atoms with Gasteiger partial charge >= 0.3 is 11.9 Å². The number of methoxy groups -OCH3 is 3. The largest absolute Gasteiger partial charge is 0.493 e. The number of carbonyl (C=O) groups excluding carboxylic acids is 2. The second-order valence-electron chi connectivity index (χ2n) is 8.69. The van der Waals surface area contributed by atoms with Crippen LogP contribution in [0.3, 0.4) is 0 Å². The summed E-state index contributed by atoms with van der Waals surface area (Å²) in [6.45, 7) is 0. The molecule has 38 heavy (non-hydrogen) atoms. The van der Waals surface area contributed by atoms with Gasteiger partial charge in [0.05, 0.1) is 21.3 Å². The highest BCUT2D eigenvalue weighted by Crippen LogP contribution is 2.36. The number of rotatable bonds is 3. The third kappa shape index (κ3) is 6.82. The molecule has 0 saturated carbocycles. The van der Waals surface area contributed by atoms with Gasteiger partial charge in [-0.15, -0.1) is 0 Å². The van der Waals surface area contributed by atoms with Gasteiger partial charge in [0.2, 0.25) is 5.76 Å². The van der Waals surface area contributed by atoms with Crippen LogP contribution in [-0.2, 0) is 38.3 Å². The van der Waals surface area contributed by atoms with Crippen molar-refractivity contribution in [2.24, 2.45) is 0 Å². The van der Waals surface area contributed by atoms with E-state index in [1.165, 1.54) is 26.4 Å². The average Bonchev–Trinajstić information content (AvgIpc) is 2.94. The number of hydrogen-bond donors (Lipinski definition) is 0. The van der Waals surface area contributed by atoms with Gasteiger partial charge in [-0.3, -0.25) is 0 Å². The number of hydrogen-bond acceptors (Lipinski definition) is 7. The molecule has 0 spiro atoms. The fourth-order valence-corrected chi connectivity index (χ4v) is 4.13. The van der Waals surface area contributed by atoms with Crippen molar-refractivity contribution in [3.05, 3.63) is 107 Å². The Morgan fingerprint density at radius 2 is 1.53 bits per heavy atom. The van der Waals surface area contributed by atoms with Gasteiger partial charge in [0.25, 0.3) is 0 Å². The third-order valence-electron chi connectivity index (χ3n) is 6.14. The number of fused-ring (bicyclic) bond motifs is 7. The zero-order chi connectivity index (χ0) is 26.9. The van der Waals surface area contributed by atoms with Crippen LogP contribution in [0.1, 0.15) is 23.1 Å². The molecule has 7 heteroatoms. The molecule has 0 atom stereocenters. The van der Waals surface area contributed by atoms with Crippen LogP contribution >= 0.6 is 0 Å². The highest BCUT2D eigenvalue weighted by atomic mass is 16.6. The van der Waals surface area contributed by atoms with E-state index in [4.69, 9.17) is 23.7 Å². The molecule has 0 aliphatic carbocycles. The first-order valence-corrected chi connectivity index (χ1v) is 12.3. The average molecular weight is 515 g/mol. The molecule has 2 heterocycles. The first-order valence-electron chi connectivity index (χ1n) is 12.3. The van der Waals surface area contributed by atoms with Gasteiger partial charge in [-0.05, 0) is 84.4 Å². The second-order valence-corrected chi connectivity index (χ2v) is 8.69. The fraction of sp³-hybridized carbons (Fsp3) is 0.226. The van der Waals surface area contributed by atoms with Crippen molar-refractivity contribution in [1.29, 1.82) is 0 Å². The van der Waals surface area contributed by atoms with Crippen molar-refractivity contribution < 1.29 is 33.3 Å². The highest BCUT2D eigenvalue weighted by molar-refractivity contribution is 5.88. The minimum absolute atomic E-state index is 0.0328. The molecular weight excluding hydrogens is 484 g/mol. The third-order valence-corrected chi connectivity index (χ3v) is 6.14. The SMILES string of the molecule is COC(=O)/C=C1/C=C(/C(=O)OC)Oc2ccc(cc2)CCc2cccc(OC)c2Oc2cccc(c2)CC1. The number of benzene rings is 3. The normalized spacial score (nSPS) is 16.0. The van der Waals surface area contributed by atoms with Crippen molar-refractivity contribution in [1.82, 2.24) is 0 Å². The maximum absolute atomic E-state index is 12.5. The lowest BCUT2D eigenvalue weighted by Gasteiger charge is -2.16. The summed E-state index contributed by atoms with van der Waals surface area (Å²) in [5.74, 6) is 1.27. The van der Waals surface area contributed by atoms with Crippen LogP contribution < -0.4 is 14.2 Å². The molecule has 3 aromatic rings. The van der Waals surface area contributed by atoms with Gasteiger partial charge < -0.3 is 23.7 Å². The first kappa shape index (κ1) is 26.5. The Hall–Kier alpha value is -4.52. The molecule has 0 unspecified atom stereocenters. The lowest BCUT2D eigenvalue weighted by Crippen LogP contribution is -2.12. The van der Waals surface area contributed by atoms with E-state index < -0.39 is 11.9 Å². The molecule has 2 aliphatic heterocycles. The second kappa shape index (κ2) is 12.6. The number of esters is 2. The van der Waals surface area contributed by atoms with Crippen LogP contribution in [-0.4, -0.2) is 33.3 Å². The van der Waals surface area contributed by atoms with Crippen LogP contribution in [0.5, 0.6) is 23.0 Å². The van der Waals surface area contributed by atoms with Crippen molar-refractivity contribution in [3.63, 3.8) is 0 Å². The number of allylic oxidation sites excluding steroid dienone is 2. The van der Waals surface area contributed by atoms with Crippen LogP contribution in [0.25, 0.3) is 0 Å². The lowest BCUT2D eigenvalue weighted by molar-refractivity contribution is -0.138. The molecule has 0 radical (unpaired) electrons. The standard InChI is InChI=1S/C31H30O7/c1-34-27-9-5-7-24-15-12-21-13-16-25(17-14-21)37-28(31(33)36-3)19-23(20-29(32)35-2)11-10-22-6-4-8-26(18-22)38-30(24)27/h4-9,13-14,16-20H,10-12,15H2,1-3H3/b23-20+,28-19-. The maximum atomic E-state index is 12.5. The van der Waals surface area contributed by atoms with Crippen molar-refractivity contribution in [2.45, 2.75) is 25.7 Å². The molecule has 0 saturated heterocycles. The zero-order valence-corrected chi connectivity index (χ0v) is 21.7. The summed E-state index contributed by atoms with van der Waals surface area (Å²) < 4.78 is 27.6. The number of aryl methyl sites for hydroxylation is 3. The Kier molecular flexibility index (Phi) is 8.82. The van der Waals surface area contributed by atoms with Gasteiger partial charge in [-0.1, -0.05) is 36.4 Å². The highest BCUT2D eigenvalue weighted by Gasteiger charge is 2.16. The summed E-state index contributed by atoms with van der Waals surface area (Å²) in [6.07, 6.45) is 5.35. The van der Waals surface area contributed by atoms with E-state index >= 15 is 0 Å². The minimum atomic E-state index is -0.653. The Morgan fingerprint density at radius 3 is 2.26 bits per heavy atom. The van der Waals surface area contributed by atoms with Gasteiger partial charge in [-0.25, -0.2) is 9.59 Å². The van der Waals surface area contributed by atoms with Crippen LogP contribution in [0.2, 0.25) is 0 Å². The summed E-state index contributed by atoms with van der Waals surface area (Å²) in [6, 6.07) is 21.1. The summed E-state index contributed by atoms with van der Waals surface area (Å²) in [5, 5.41) is 0. The molecule has 5 rings (SSSR count). The molecule has 196 valence electrons. The molecule has 3 aromatic carbocycles. The predicted octanol–water partition coefficient (Wildman–Crippen LogP) is 5.75. The van der Waals surface area contributed by atoms with Crippen LogP contribution in [0.4, 0.5) is 0 Å². The van der Waals surface area contributed by atoms with Gasteiger partial charge in [0.15, 0.2) is 11.5 Å². The molecule has 7 nitrogen and oxygen atoms in total. The monoisotopic (exact) mass is 514 g/mol. The molecule has 4 bridgehead atoms. The van der Waals surface area contributed by atoms with E-state index in [2.05, 4.69) is 0 Å². The van der Waals surface area contributed by atoms with Crippen LogP contribution in [0, 0.1) is 0 Å². The van der Waals surface area contributed by atoms with Crippen molar-refractivity contribution in [2.75, 3.05) is 21.3 Å². The van der Waals surface area contributed by atoms with E-state index in [9.17, 15) is 9.59 Å². The van der Waals surface area contributed by atoms with E-state index in [1.807, 2.05) is 54.6 Å². The van der Waals surface area contributed by atoms with E-state index in [0.717, 1.165) is 29.5 Å². The van der Waals surface area contributed by atoms with Crippen molar-refractivity contribution >= 4 is 11.9 Å². The predicted molar refractivity (Wildman–Crippen MR) is 143 cm³/mol. The van der Waals surface area contributed by atoms with Gasteiger partial charge in [0.1, 0.15) is 11.5 Å². The first-order chi connectivity index (χ1) is 18.5. The summed E-state index contributed by atoms with van der Waals surface area (Å²) >= 11 is 0. The van der Waals surface area contributed by atoms with Crippen LogP contribution in [0.15, 0.2) is 90.2 Å². The van der Waals surface area contributed by atoms with E-state index in [1.54, 1.807) is 19.2 Å². The molecular formula is C31H30O7. The van der Waals surface area contributed by atoms with Gasteiger partial charge in [-0.2, -0.15) is 0 Å².